The van der Waals surface area contributed by atoms with E-state index >= 15 is 0 Å². The van der Waals surface area contributed by atoms with Crippen molar-refractivity contribution < 1.29 is 18.3 Å². The van der Waals surface area contributed by atoms with Crippen LogP contribution in [-0.2, 0) is 4.74 Å². The van der Waals surface area contributed by atoms with Crippen molar-refractivity contribution in [3.63, 3.8) is 0 Å². The highest BCUT2D eigenvalue weighted by molar-refractivity contribution is 7.80. The van der Waals surface area contributed by atoms with Crippen molar-refractivity contribution in [3.8, 4) is 0 Å². The molecule has 166 valence electrons. The molecular formula is C23H27F2N3O2S. The topological polar surface area (TPSA) is 44.8 Å². The molecule has 0 aliphatic carbocycles. The summed E-state index contributed by atoms with van der Waals surface area (Å²) >= 11 is 5.51. The molecule has 2 aromatic carbocycles. The zero-order valence-electron chi connectivity index (χ0n) is 17.7. The van der Waals surface area contributed by atoms with Crippen molar-refractivity contribution in [1.82, 2.24) is 9.80 Å². The lowest BCUT2D eigenvalue weighted by Gasteiger charge is -2.37. The molecule has 3 rings (SSSR count). The minimum atomic E-state index is -0.437. The van der Waals surface area contributed by atoms with E-state index in [1.807, 2.05) is 18.7 Å². The Morgan fingerprint density at radius 3 is 2.65 bits per heavy atom. The van der Waals surface area contributed by atoms with E-state index in [1.165, 1.54) is 30.3 Å². The molecule has 31 heavy (non-hydrogen) atoms. The Morgan fingerprint density at radius 1 is 1.23 bits per heavy atom. The molecule has 1 heterocycles. The normalized spacial score (nSPS) is 16.3. The van der Waals surface area contributed by atoms with E-state index in [2.05, 4.69) is 5.32 Å². The summed E-state index contributed by atoms with van der Waals surface area (Å²) in [6, 6.07) is 11.7. The molecule has 1 aliphatic rings. The number of hydrogen-bond acceptors (Lipinski definition) is 3. The molecule has 1 saturated heterocycles. The zero-order chi connectivity index (χ0) is 22.4. The minimum absolute atomic E-state index is 0.221. The molecule has 1 N–H and O–H groups in total. The minimum Gasteiger partial charge on any atom is -0.373 e. The van der Waals surface area contributed by atoms with Crippen LogP contribution in [-0.4, -0.2) is 59.7 Å². The van der Waals surface area contributed by atoms with Gasteiger partial charge in [0, 0.05) is 37.4 Å². The fourth-order valence-corrected chi connectivity index (χ4v) is 3.76. The third-order valence-electron chi connectivity index (χ3n) is 4.89. The van der Waals surface area contributed by atoms with E-state index in [9.17, 15) is 13.6 Å². The molecule has 0 bridgehead atoms. The van der Waals surface area contributed by atoms with Gasteiger partial charge in [0.1, 0.15) is 11.6 Å². The van der Waals surface area contributed by atoms with Gasteiger partial charge in [-0.1, -0.05) is 19.9 Å². The number of hydrogen-bond donors (Lipinski definition) is 1. The molecule has 2 aromatic rings. The number of ether oxygens (including phenoxy) is 1. The Hall–Kier alpha value is -2.58. The summed E-state index contributed by atoms with van der Waals surface area (Å²) in [6.45, 7) is 6.57. The zero-order valence-corrected chi connectivity index (χ0v) is 18.5. The SMILES string of the molecule is CC(C)CN(CC1CN(C(=S)Nc2ccc(F)cc2)CCO1)C(=O)c1cccc(F)c1. The Labute approximate surface area is 187 Å². The van der Waals surface area contributed by atoms with E-state index < -0.39 is 5.82 Å². The highest BCUT2D eigenvalue weighted by Crippen LogP contribution is 2.15. The van der Waals surface area contributed by atoms with Gasteiger partial charge in [0.15, 0.2) is 5.11 Å². The van der Waals surface area contributed by atoms with E-state index in [4.69, 9.17) is 17.0 Å². The standard InChI is InChI=1S/C23H27F2N3O2S/c1-16(2)13-28(22(29)17-4-3-5-19(25)12-17)15-21-14-27(10-11-30-21)23(31)26-20-8-6-18(24)7-9-20/h3-9,12,16,21H,10-11,13-15H2,1-2H3,(H,26,31). The molecule has 8 heteroatoms. The Kier molecular flexibility index (Phi) is 7.92. The number of morpholine rings is 1. The first-order chi connectivity index (χ1) is 14.8. The summed E-state index contributed by atoms with van der Waals surface area (Å²) in [4.78, 5) is 16.7. The lowest BCUT2D eigenvalue weighted by Crippen LogP contribution is -2.52. The van der Waals surface area contributed by atoms with Crippen LogP contribution in [0, 0.1) is 17.6 Å². The van der Waals surface area contributed by atoms with Crippen molar-refractivity contribution in [2.45, 2.75) is 20.0 Å². The third kappa shape index (κ3) is 6.70. The van der Waals surface area contributed by atoms with Crippen molar-refractivity contribution in [1.29, 1.82) is 0 Å². The Morgan fingerprint density at radius 2 is 1.97 bits per heavy atom. The summed E-state index contributed by atoms with van der Waals surface area (Å²) in [6.07, 6.45) is -0.238. The van der Waals surface area contributed by atoms with Crippen LogP contribution in [0.5, 0.6) is 0 Å². The van der Waals surface area contributed by atoms with Gasteiger partial charge in [0.2, 0.25) is 0 Å². The summed E-state index contributed by atoms with van der Waals surface area (Å²) in [5.41, 5.74) is 1.03. The second kappa shape index (κ2) is 10.6. The van der Waals surface area contributed by atoms with Crippen LogP contribution in [0.3, 0.4) is 0 Å². The fraction of sp³-hybridized carbons (Fsp3) is 0.391. The number of anilines is 1. The van der Waals surface area contributed by atoms with Crippen LogP contribution in [0.15, 0.2) is 48.5 Å². The van der Waals surface area contributed by atoms with Crippen LogP contribution in [0.4, 0.5) is 14.5 Å². The number of carbonyl (C=O) groups excluding carboxylic acids is 1. The number of benzene rings is 2. The van der Waals surface area contributed by atoms with Gasteiger partial charge in [0.25, 0.3) is 5.91 Å². The molecule has 0 aromatic heterocycles. The number of amides is 1. The van der Waals surface area contributed by atoms with Gasteiger partial charge in [-0.25, -0.2) is 8.78 Å². The van der Waals surface area contributed by atoms with Gasteiger partial charge in [-0.15, -0.1) is 0 Å². The lowest BCUT2D eigenvalue weighted by molar-refractivity contribution is -0.0215. The monoisotopic (exact) mass is 447 g/mol. The van der Waals surface area contributed by atoms with E-state index in [-0.39, 0.29) is 23.7 Å². The first-order valence-corrected chi connectivity index (χ1v) is 10.7. The summed E-state index contributed by atoms with van der Waals surface area (Å²) in [5.74, 6) is -0.719. The lowest BCUT2D eigenvalue weighted by atomic mass is 10.1. The van der Waals surface area contributed by atoms with E-state index in [0.717, 1.165) is 0 Å². The summed E-state index contributed by atoms with van der Waals surface area (Å²) in [7, 11) is 0. The number of carbonyl (C=O) groups is 1. The molecule has 5 nitrogen and oxygen atoms in total. The van der Waals surface area contributed by atoms with Crippen molar-refractivity contribution >= 4 is 28.9 Å². The van der Waals surface area contributed by atoms with Gasteiger partial charge in [-0.3, -0.25) is 4.79 Å². The number of nitrogens with one attached hydrogen (secondary N) is 1. The largest absolute Gasteiger partial charge is 0.373 e. The van der Waals surface area contributed by atoms with Crippen LogP contribution < -0.4 is 5.32 Å². The summed E-state index contributed by atoms with van der Waals surface area (Å²) in [5, 5.41) is 3.63. The van der Waals surface area contributed by atoms with Crippen LogP contribution in [0.1, 0.15) is 24.2 Å². The average molecular weight is 448 g/mol. The Bertz CT molecular complexity index is 908. The van der Waals surface area contributed by atoms with E-state index in [1.54, 1.807) is 23.1 Å². The molecule has 1 amide bonds. The van der Waals surface area contributed by atoms with Crippen molar-refractivity contribution in [3.05, 3.63) is 65.7 Å². The van der Waals surface area contributed by atoms with Crippen molar-refractivity contribution in [2.24, 2.45) is 5.92 Å². The molecular weight excluding hydrogens is 420 g/mol. The number of halogens is 2. The van der Waals surface area contributed by atoms with Crippen LogP contribution in [0.25, 0.3) is 0 Å². The molecule has 1 unspecified atom stereocenters. The number of rotatable bonds is 6. The van der Waals surface area contributed by atoms with Crippen LogP contribution >= 0.6 is 12.2 Å². The molecule has 0 radical (unpaired) electrons. The van der Waals surface area contributed by atoms with Gasteiger partial charge in [0.05, 0.1) is 12.7 Å². The van der Waals surface area contributed by atoms with E-state index in [0.29, 0.717) is 49.1 Å². The highest BCUT2D eigenvalue weighted by Gasteiger charge is 2.27. The first-order valence-electron chi connectivity index (χ1n) is 10.3. The molecule has 1 fully saturated rings. The predicted octanol–water partition coefficient (Wildman–Crippen LogP) is 4.16. The maximum Gasteiger partial charge on any atom is 0.254 e. The van der Waals surface area contributed by atoms with Crippen molar-refractivity contribution in [2.75, 3.05) is 38.1 Å². The molecule has 0 saturated carbocycles. The highest BCUT2D eigenvalue weighted by atomic mass is 32.1. The molecule has 1 aliphatic heterocycles. The molecule has 0 spiro atoms. The quantitative estimate of drug-likeness (QED) is 0.674. The second-order valence-corrected chi connectivity index (χ2v) is 8.38. The number of nitrogens with zero attached hydrogens (tertiary/aromatic N) is 2. The fourth-order valence-electron chi connectivity index (χ4n) is 3.48. The van der Waals surface area contributed by atoms with Gasteiger partial charge in [-0.2, -0.15) is 0 Å². The second-order valence-electron chi connectivity index (χ2n) is 7.99. The summed E-state index contributed by atoms with van der Waals surface area (Å²) < 4.78 is 32.6. The predicted molar refractivity (Wildman–Crippen MR) is 121 cm³/mol. The van der Waals surface area contributed by atoms with Gasteiger partial charge < -0.3 is 19.9 Å². The first kappa shape index (κ1) is 23.1. The Balaban J connectivity index is 1.64. The van der Waals surface area contributed by atoms with Gasteiger partial charge >= 0.3 is 0 Å². The maximum atomic E-state index is 13.6. The smallest absolute Gasteiger partial charge is 0.254 e. The maximum absolute atomic E-state index is 13.6. The average Bonchev–Trinajstić information content (AvgIpc) is 2.74. The van der Waals surface area contributed by atoms with Gasteiger partial charge in [-0.05, 0) is 60.6 Å². The molecule has 1 atom stereocenters. The third-order valence-corrected chi connectivity index (χ3v) is 5.25. The van der Waals surface area contributed by atoms with Crippen LogP contribution in [0.2, 0.25) is 0 Å². The number of thiocarbonyl (C=S) groups is 1.